The SMILES string of the molecule is Cc1ccc(F)c(C)c1Oc1ccc(C(C)(C)O)cc1Br. The minimum Gasteiger partial charge on any atom is -0.456 e. The van der Waals surface area contributed by atoms with Crippen molar-refractivity contribution in [2.75, 3.05) is 0 Å². The molecule has 0 amide bonds. The van der Waals surface area contributed by atoms with E-state index < -0.39 is 5.60 Å². The minimum atomic E-state index is -0.925. The molecule has 0 aliphatic heterocycles. The number of halogens is 2. The summed E-state index contributed by atoms with van der Waals surface area (Å²) in [5.41, 5.74) is 1.20. The Morgan fingerprint density at radius 2 is 1.81 bits per heavy atom. The highest BCUT2D eigenvalue weighted by Crippen LogP contribution is 2.36. The van der Waals surface area contributed by atoms with Crippen molar-refractivity contribution in [3.05, 3.63) is 57.3 Å². The van der Waals surface area contributed by atoms with Gasteiger partial charge in [0.05, 0.1) is 10.1 Å². The normalized spacial score (nSPS) is 11.6. The maximum Gasteiger partial charge on any atom is 0.141 e. The van der Waals surface area contributed by atoms with Crippen molar-refractivity contribution in [1.82, 2.24) is 0 Å². The number of aryl methyl sites for hydroxylation is 1. The van der Waals surface area contributed by atoms with Gasteiger partial charge in [-0.15, -0.1) is 0 Å². The van der Waals surface area contributed by atoms with Gasteiger partial charge in [-0.3, -0.25) is 0 Å². The summed E-state index contributed by atoms with van der Waals surface area (Å²) in [6.45, 7) is 7.00. The van der Waals surface area contributed by atoms with Crippen LogP contribution in [0.5, 0.6) is 11.5 Å². The van der Waals surface area contributed by atoms with Gasteiger partial charge in [-0.05, 0) is 73.0 Å². The van der Waals surface area contributed by atoms with Crippen molar-refractivity contribution in [3.63, 3.8) is 0 Å². The van der Waals surface area contributed by atoms with Gasteiger partial charge in [0.15, 0.2) is 0 Å². The third-order valence-electron chi connectivity index (χ3n) is 3.39. The molecule has 0 fully saturated rings. The third kappa shape index (κ3) is 3.44. The Kier molecular flexibility index (Phi) is 4.40. The van der Waals surface area contributed by atoms with Crippen molar-refractivity contribution in [1.29, 1.82) is 0 Å². The Hall–Kier alpha value is -1.39. The third-order valence-corrected chi connectivity index (χ3v) is 4.01. The van der Waals surface area contributed by atoms with E-state index >= 15 is 0 Å². The zero-order chi connectivity index (χ0) is 15.8. The van der Waals surface area contributed by atoms with Gasteiger partial charge in [-0.2, -0.15) is 0 Å². The number of ether oxygens (including phenoxy) is 1. The van der Waals surface area contributed by atoms with E-state index in [1.807, 2.05) is 6.92 Å². The lowest BCUT2D eigenvalue weighted by atomic mass is 9.98. The number of hydrogen-bond donors (Lipinski definition) is 1. The lowest BCUT2D eigenvalue weighted by Gasteiger charge is -2.19. The molecule has 0 radical (unpaired) electrons. The average Bonchev–Trinajstić information content (AvgIpc) is 2.39. The van der Waals surface area contributed by atoms with Crippen LogP contribution < -0.4 is 4.74 Å². The van der Waals surface area contributed by atoms with E-state index in [1.54, 1.807) is 45.0 Å². The summed E-state index contributed by atoms with van der Waals surface area (Å²) in [6, 6.07) is 8.49. The van der Waals surface area contributed by atoms with Crippen LogP contribution in [0.25, 0.3) is 0 Å². The van der Waals surface area contributed by atoms with Gasteiger partial charge in [0, 0.05) is 5.56 Å². The molecule has 0 saturated carbocycles. The van der Waals surface area contributed by atoms with E-state index in [0.29, 0.717) is 21.5 Å². The fourth-order valence-corrected chi connectivity index (χ4v) is 2.49. The first kappa shape index (κ1) is 16.0. The zero-order valence-corrected chi connectivity index (χ0v) is 14.1. The van der Waals surface area contributed by atoms with Gasteiger partial charge in [0.2, 0.25) is 0 Å². The lowest BCUT2D eigenvalue weighted by Crippen LogP contribution is -2.15. The first-order valence-corrected chi connectivity index (χ1v) is 7.45. The molecule has 0 aliphatic carbocycles. The molecule has 112 valence electrons. The second-order valence-corrected chi connectivity index (χ2v) is 6.48. The first-order valence-electron chi connectivity index (χ1n) is 6.66. The van der Waals surface area contributed by atoms with Gasteiger partial charge in [0.1, 0.15) is 17.3 Å². The van der Waals surface area contributed by atoms with Gasteiger partial charge in [-0.1, -0.05) is 12.1 Å². The molecular formula is C17H18BrFO2. The van der Waals surface area contributed by atoms with Crippen LogP contribution in [0.1, 0.15) is 30.5 Å². The highest BCUT2D eigenvalue weighted by Gasteiger charge is 2.18. The second-order valence-electron chi connectivity index (χ2n) is 5.62. The summed E-state index contributed by atoms with van der Waals surface area (Å²) in [6.07, 6.45) is 0. The lowest BCUT2D eigenvalue weighted by molar-refractivity contribution is 0.0785. The van der Waals surface area contributed by atoms with Crippen LogP contribution in [0.3, 0.4) is 0 Å². The van der Waals surface area contributed by atoms with Gasteiger partial charge in [-0.25, -0.2) is 4.39 Å². The van der Waals surface area contributed by atoms with E-state index in [0.717, 1.165) is 11.1 Å². The van der Waals surface area contributed by atoms with E-state index in [1.165, 1.54) is 6.07 Å². The minimum absolute atomic E-state index is 0.292. The molecular weight excluding hydrogens is 335 g/mol. The van der Waals surface area contributed by atoms with Crippen molar-refractivity contribution in [2.45, 2.75) is 33.3 Å². The Morgan fingerprint density at radius 1 is 1.14 bits per heavy atom. The summed E-state index contributed by atoms with van der Waals surface area (Å²) in [7, 11) is 0. The summed E-state index contributed by atoms with van der Waals surface area (Å²) in [5, 5.41) is 10.0. The highest BCUT2D eigenvalue weighted by molar-refractivity contribution is 9.10. The molecule has 0 heterocycles. The molecule has 21 heavy (non-hydrogen) atoms. The second kappa shape index (κ2) is 5.78. The molecule has 1 N–H and O–H groups in total. The Labute approximate surface area is 132 Å². The van der Waals surface area contributed by atoms with Crippen LogP contribution in [-0.2, 0) is 5.60 Å². The molecule has 0 atom stereocenters. The maximum absolute atomic E-state index is 13.7. The Balaban J connectivity index is 2.40. The fourth-order valence-electron chi connectivity index (χ4n) is 2.03. The van der Waals surface area contributed by atoms with Crippen molar-refractivity contribution < 1.29 is 14.2 Å². The number of aliphatic hydroxyl groups is 1. The summed E-state index contributed by atoms with van der Waals surface area (Å²) >= 11 is 3.43. The largest absolute Gasteiger partial charge is 0.456 e. The van der Waals surface area contributed by atoms with Crippen molar-refractivity contribution >= 4 is 15.9 Å². The molecule has 0 unspecified atom stereocenters. The van der Waals surface area contributed by atoms with Gasteiger partial charge in [0.25, 0.3) is 0 Å². The predicted octanol–water partition coefficient (Wildman–Crippen LogP) is 5.22. The molecule has 2 aromatic carbocycles. The van der Waals surface area contributed by atoms with E-state index in [2.05, 4.69) is 15.9 Å². The summed E-state index contributed by atoms with van der Waals surface area (Å²) in [4.78, 5) is 0. The van der Waals surface area contributed by atoms with Gasteiger partial charge < -0.3 is 9.84 Å². The average molecular weight is 353 g/mol. The van der Waals surface area contributed by atoms with Crippen LogP contribution in [-0.4, -0.2) is 5.11 Å². The molecule has 0 saturated heterocycles. The summed E-state index contributed by atoms with van der Waals surface area (Å²) < 4.78 is 20.2. The molecule has 2 nitrogen and oxygen atoms in total. The fraction of sp³-hybridized carbons (Fsp3) is 0.294. The highest BCUT2D eigenvalue weighted by atomic mass is 79.9. The van der Waals surface area contributed by atoms with Crippen LogP contribution in [0.4, 0.5) is 4.39 Å². The topological polar surface area (TPSA) is 29.5 Å². The zero-order valence-electron chi connectivity index (χ0n) is 12.5. The standard InChI is InChI=1S/C17H18BrFO2/c1-10-5-7-14(19)11(2)16(10)21-15-8-6-12(9-13(15)18)17(3,4)20/h5-9,20H,1-4H3. The summed E-state index contributed by atoms with van der Waals surface area (Å²) in [5.74, 6) is 0.811. The van der Waals surface area contributed by atoms with Crippen molar-refractivity contribution in [2.24, 2.45) is 0 Å². The Bertz CT molecular complexity index is 675. The van der Waals surface area contributed by atoms with Crippen LogP contribution >= 0.6 is 15.9 Å². The molecule has 0 bridgehead atoms. The van der Waals surface area contributed by atoms with Crippen molar-refractivity contribution in [3.8, 4) is 11.5 Å². The molecule has 0 spiro atoms. The molecule has 0 aliphatic rings. The van der Waals surface area contributed by atoms with E-state index in [-0.39, 0.29) is 5.82 Å². The number of benzene rings is 2. The van der Waals surface area contributed by atoms with Crippen LogP contribution in [0, 0.1) is 19.7 Å². The van der Waals surface area contributed by atoms with Crippen LogP contribution in [0.15, 0.2) is 34.8 Å². The van der Waals surface area contributed by atoms with Gasteiger partial charge >= 0.3 is 0 Å². The molecule has 4 heteroatoms. The number of rotatable bonds is 3. The maximum atomic E-state index is 13.7. The number of hydrogen-bond acceptors (Lipinski definition) is 2. The van der Waals surface area contributed by atoms with E-state index in [4.69, 9.17) is 4.74 Å². The smallest absolute Gasteiger partial charge is 0.141 e. The molecule has 2 aromatic rings. The Morgan fingerprint density at radius 3 is 2.38 bits per heavy atom. The van der Waals surface area contributed by atoms with Crippen LogP contribution in [0.2, 0.25) is 0 Å². The van der Waals surface area contributed by atoms with E-state index in [9.17, 15) is 9.50 Å². The molecule has 2 rings (SSSR count). The first-order chi connectivity index (χ1) is 9.70. The predicted molar refractivity (Wildman–Crippen MR) is 85.3 cm³/mol. The quantitative estimate of drug-likeness (QED) is 0.819. The molecule has 0 aromatic heterocycles. The monoisotopic (exact) mass is 352 g/mol.